The minimum absolute atomic E-state index is 0.0406. The number of fused-ring (bicyclic) bond motifs is 4. The third-order valence-electron chi connectivity index (χ3n) is 12.9. The molecule has 3 aliphatic rings. The maximum absolute atomic E-state index is 14.3. The molecule has 5 aromatic carbocycles. The van der Waals surface area contributed by atoms with Gasteiger partial charge in [-0.2, -0.15) is 0 Å². The van der Waals surface area contributed by atoms with Crippen molar-refractivity contribution >= 4 is 40.6 Å². The number of carbonyl (C=O) groups excluding carboxylic acids is 3. The minimum Gasteiger partial charge on any atom is -0.463 e. The van der Waals surface area contributed by atoms with Crippen LogP contribution in [-0.2, 0) is 11.8 Å². The average molecular weight is 832 g/mol. The summed E-state index contributed by atoms with van der Waals surface area (Å²) in [7, 11) is 1.94. The maximum atomic E-state index is 14.3. The number of ketones is 2. The number of carbonyl (C=O) groups is 3. The number of nitrogens with one attached hydrogen (secondary N) is 1. The number of nitro groups is 1. The largest absolute Gasteiger partial charge is 0.463 e. The molecule has 10 nitrogen and oxygen atoms in total. The van der Waals surface area contributed by atoms with Gasteiger partial charge in [0.15, 0.2) is 11.6 Å². The SMILES string of the molecule is CCCCCCCCCCCCc1ccc(Oc2cccc3c2C(=O)c2cccc(C(=O)Nc4c([N+](=O)[O-])ccc5c4C=CC4(O5)N(C)c5ccccc5C4(C)C)c2C3=O)cc1. The molecule has 1 unspecified atom stereocenters. The highest BCUT2D eigenvalue weighted by Gasteiger charge is 2.57. The molecule has 10 heteroatoms. The molecule has 2 heterocycles. The van der Waals surface area contributed by atoms with Crippen molar-refractivity contribution in [3.05, 3.63) is 158 Å². The predicted octanol–water partition coefficient (Wildman–Crippen LogP) is 12.4. The first-order valence-electron chi connectivity index (χ1n) is 21.9. The Morgan fingerprint density at radius 2 is 1.42 bits per heavy atom. The molecular weight excluding hydrogens is 779 g/mol. The third kappa shape index (κ3) is 7.56. The second-order valence-corrected chi connectivity index (χ2v) is 17.2. The Balaban J connectivity index is 0.988. The number of ether oxygens (including phenoxy) is 2. The molecule has 1 N–H and O–H groups in total. The highest BCUT2D eigenvalue weighted by Crippen LogP contribution is 2.55. The van der Waals surface area contributed by atoms with E-state index in [-0.39, 0.29) is 44.9 Å². The Bertz CT molecular complexity index is 2590. The lowest BCUT2D eigenvalue weighted by molar-refractivity contribution is -0.384. The van der Waals surface area contributed by atoms with Gasteiger partial charge in [-0.25, -0.2) is 0 Å². The summed E-state index contributed by atoms with van der Waals surface area (Å²) < 4.78 is 13.0. The van der Waals surface area contributed by atoms with Crippen molar-refractivity contribution in [2.45, 2.75) is 103 Å². The molecule has 8 rings (SSSR count). The van der Waals surface area contributed by atoms with Crippen LogP contribution in [0.4, 0.5) is 17.1 Å². The number of nitrogens with zero attached hydrogens (tertiary/aromatic N) is 2. The van der Waals surface area contributed by atoms with E-state index in [1.54, 1.807) is 24.3 Å². The van der Waals surface area contributed by atoms with Gasteiger partial charge in [-0.15, -0.1) is 0 Å². The Morgan fingerprint density at radius 3 is 2.11 bits per heavy atom. The Labute approximate surface area is 363 Å². The number of amides is 1. The zero-order chi connectivity index (χ0) is 43.6. The average Bonchev–Trinajstić information content (AvgIpc) is 3.43. The van der Waals surface area contributed by atoms with Gasteiger partial charge < -0.3 is 19.7 Å². The normalized spacial score (nSPS) is 16.6. The molecule has 62 heavy (non-hydrogen) atoms. The lowest BCUT2D eigenvalue weighted by atomic mass is 9.76. The zero-order valence-electron chi connectivity index (χ0n) is 35.9. The van der Waals surface area contributed by atoms with E-state index in [0.29, 0.717) is 17.1 Å². The van der Waals surface area contributed by atoms with Crippen LogP contribution in [0.15, 0.2) is 103 Å². The highest BCUT2D eigenvalue weighted by molar-refractivity contribution is 6.32. The summed E-state index contributed by atoms with van der Waals surface area (Å²) in [5.41, 5.74) is 1.77. The van der Waals surface area contributed by atoms with Crippen molar-refractivity contribution in [3.8, 4) is 17.2 Å². The fraction of sp³-hybridized carbons (Fsp3) is 0.327. The van der Waals surface area contributed by atoms with E-state index < -0.39 is 33.5 Å². The number of rotatable bonds is 16. The number of para-hydroxylation sites is 1. The third-order valence-corrected chi connectivity index (χ3v) is 12.9. The molecule has 1 aliphatic carbocycles. The van der Waals surface area contributed by atoms with Gasteiger partial charge in [0, 0.05) is 41.1 Å². The molecule has 2 aliphatic heterocycles. The first-order valence-corrected chi connectivity index (χ1v) is 21.9. The van der Waals surface area contributed by atoms with Crippen molar-refractivity contribution in [2.24, 2.45) is 0 Å². The van der Waals surface area contributed by atoms with Crippen molar-refractivity contribution in [3.63, 3.8) is 0 Å². The lowest BCUT2D eigenvalue weighted by Gasteiger charge is -2.45. The Hall–Kier alpha value is -6.55. The van der Waals surface area contributed by atoms with Crippen LogP contribution >= 0.6 is 0 Å². The van der Waals surface area contributed by atoms with Gasteiger partial charge in [-0.05, 0) is 86.4 Å². The van der Waals surface area contributed by atoms with E-state index in [1.165, 1.54) is 93.7 Å². The van der Waals surface area contributed by atoms with Gasteiger partial charge in [0.25, 0.3) is 11.6 Å². The van der Waals surface area contributed by atoms with Crippen molar-refractivity contribution < 1.29 is 28.8 Å². The Morgan fingerprint density at radius 1 is 0.774 bits per heavy atom. The molecule has 0 saturated heterocycles. The van der Waals surface area contributed by atoms with Crippen molar-refractivity contribution in [2.75, 3.05) is 17.3 Å². The molecule has 1 amide bonds. The van der Waals surface area contributed by atoms with Crippen LogP contribution in [0.5, 0.6) is 17.2 Å². The number of hydrogen-bond donors (Lipinski definition) is 1. The monoisotopic (exact) mass is 831 g/mol. The van der Waals surface area contributed by atoms with Gasteiger partial charge in [0.1, 0.15) is 22.9 Å². The van der Waals surface area contributed by atoms with E-state index in [1.807, 2.05) is 60.5 Å². The number of nitro benzene ring substituents is 1. The molecule has 1 spiro atoms. The van der Waals surface area contributed by atoms with Crippen LogP contribution in [0.3, 0.4) is 0 Å². The highest BCUT2D eigenvalue weighted by atomic mass is 16.6. The lowest BCUT2D eigenvalue weighted by Crippen LogP contribution is -2.58. The summed E-state index contributed by atoms with van der Waals surface area (Å²) in [5, 5.41) is 15.1. The molecule has 0 bridgehead atoms. The van der Waals surface area contributed by atoms with Crippen LogP contribution in [0.25, 0.3) is 6.08 Å². The molecule has 5 aromatic rings. The van der Waals surface area contributed by atoms with Gasteiger partial charge in [0.2, 0.25) is 5.72 Å². The van der Waals surface area contributed by atoms with E-state index in [2.05, 4.69) is 32.2 Å². The Kier molecular flexibility index (Phi) is 11.9. The minimum atomic E-state index is -0.960. The number of likely N-dealkylation sites (N-methyl/N-ethyl adjacent to an activating group) is 1. The van der Waals surface area contributed by atoms with Gasteiger partial charge in [0.05, 0.1) is 21.5 Å². The first kappa shape index (κ1) is 42.2. The van der Waals surface area contributed by atoms with E-state index in [9.17, 15) is 24.5 Å². The number of anilines is 2. The molecule has 318 valence electrons. The molecular formula is C52H53N3O7. The smallest absolute Gasteiger partial charge is 0.293 e. The molecule has 0 radical (unpaired) electrons. The fourth-order valence-corrected chi connectivity index (χ4v) is 9.46. The number of benzene rings is 5. The van der Waals surface area contributed by atoms with Gasteiger partial charge in [-0.3, -0.25) is 24.5 Å². The van der Waals surface area contributed by atoms with E-state index in [4.69, 9.17) is 9.47 Å². The summed E-state index contributed by atoms with van der Waals surface area (Å²) in [6.07, 6.45) is 17.5. The molecule has 1 atom stereocenters. The van der Waals surface area contributed by atoms with Crippen molar-refractivity contribution in [1.82, 2.24) is 0 Å². The number of unbranched alkanes of at least 4 members (excludes halogenated alkanes) is 9. The van der Waals surface area contributed by atoms with E-state index >= 15 is 0 Å². The predicted molar refractivity (Wildman–Crippen MR) is 243 cm³/mol. The van der Waals surface area contributed by atoms with Crippen LogP contribution in [-0.4, -0.2) is 35.2 Å². The van der Waals surface area contributed by atoms with Gasteiger partial charge >= 0.3 is 0 Å². The standard InChI is InChI=1S/C52H53N3O7/c1-5-6-7-8-9-10-11-12-13-14-19-34-26-28-35(29-27-34)61-44-25-18-21-38-46(44)49(57)37-20-17-22-39(45(37)48(38)56)50(58)53-47-36-32-33-52(62-43(36)31-30-42(47)55(59)60)51(2,3)40-23-15-16-24-41(40)54(52)4/h15-18,20-33H,5-14,19H2,1-4H3,(H,53,58). The maximum Gasteiger partial charge on any atom is 0.293 e. The van der Waals surface area contributed by atoms with Gasteiger partial charge in [-0.1, -0.05) is 119 Å². The summed E-state index contributed by atoms with van der Waals surface area (Å²) in [5.74, 6) is -0.668. The number of aryl methyl sites for hydroxylation is 1. The summed E-state index contributed by atoms with van der Waals surface area (Å²) in [6, 6.07) is 28.0. The number of hydrogen-bond acceptors (Lipinski definition) is 8. The molecule has 0 aromatic heterocycles. The second-order valence-electron chi connectivity index (χ2n) is 17.2. The quantitative estimate of drug-likeness (QED) is 0.0580. The van der Waals surface area contributed by atoms with Crippen molar-refractivity contribution in [1.29, 1.82) is 0 Å². The first-order chi connectivity index (χ1) is 30.0. The van der Waals surface area contributed by atoms with Crippen LogP contribution in [0.1, 0.15) is 144 Å². The molecule has 0 saturated carbocycles. The second kappa shape index (κ2) is 17.4. The zero-order valence-corrected chi connectivity index (χ0v) is 35.9. The van der Waals surface area contributed by atoms with Crippen LogP contribution in [0, 0.1) is 10.1 Å². The molecule has 0 fully saturated rings. The topological polar surface area (TPSA) is 128 Å². The fourth-order valence-electron chi connectivity index (χ4n) is 9.46. The van der Waals surface area contributed by atoms with E-state index in [0.717, 1.165) is 24.1 Å². The van der Waals surface area contributed by atoms with Crippen LogP contribution in [0.2, 0.25) is 0 Å². The van der Waals surface area contributed by atoms with Crippen LogP contribution < -0.4 is 19.7 Å². The summed E-state index contributed by atoms with van der Waals surface area (Å²) in [4.78, 5) is 56.7. The summed E-state index contributed by atoms with van der Waals surface area (Å²) in [6.45, 7) is 6.41. The summed E-state index contributed by atoms with van der Waals surface area (Å²) >= 11 is 0.